The number of hydrogen-bond donors (Lipinski definition) is 4. The summed E-state index contributed by atoms with van der Waals surface area (Å²) in [4.78, 5) is 18.0. The Balaban J connectivity index is 2.08. The number of anilines is 3. The van der Waals surface area contributed by atoms with Gasteiger partial charge in [0, 0.05) is 5.56 Å². The van der Waals surface area contributed by atoms with E-state index >= 15 is 0 Å². The number of hydrogen-bond acceptors (Lipinski definition) is 5. The molecule has 6 nitrogen and oxygen atoms in total. The molecule has 1 amide bonds. The number of benzene rings is 2. The minimum absolute atomic E-state index is 0.275. The van der Waals surface area contributed by atoms with Gasteiger partial charge in [0.05, 0.1) is 22.7 Å². The van der Waals surface area contributed by atoms with Gasteiger partial charge >= 0.3 is 0 Å². The van der Waals surface area contributed by atoms with Gasteiger partial charge in [-0.25, -0.2) is 0 Å². The standard InChI is InChI=1S/C19H25N3O3/c1-18(2,24)19(3,4)25-22-14-9-7-8-13(12-14)17(23)21-16-11-6-5-10-15(16)20/h5-12,22,24H,20H2,1-4H3,(H,21,23). The van der Waals surface area contributed by atoms with Crippen LogP contribution in [0.2, 0.25) is 0 Å². The van der Waals surface area contributed by atoms with E-state index in [2.05, 4.69) is 10.8 Å². The van der Waals surface area contributed by atoms with Gasteiger partial charge in [-0.1, -0.05) is 18.2 Å². The first kappa shape index (κ1) is 18.8. The number of nitrogen functional groups attached to an aromatic ring is 1. The van der Waals surface area contributed by atoms with Gasteiger partial charge in [0.2, 0.25) is 0 Å². The van der Waals surface area contributed by atoms with E-state index in [1.54, 1.807) is 76.2 Å². The Morgan fingerprint density at radius 3 is 2.40 bits per heavy atom. The molecular formula is C19H25N3O3. The second kappa shape index (κ2) is 7.13. The Labute approximate surface area is 148 Å². The van der Waals surface area contributed by atoms with Crippen molar-refractivity contribution in [2.24, 2.45) is 0 Å². The molecule has 0 bridgehead atoms. The molecule has 0 heterocycles. The molecule has 6 heteroatoms. The second-order valence-corrected chi connectivity index (χ2v) is 6.90. The van der Waals surface area contributed by atoms with E-state index in [1.165, 1.54) is 0 Å². The van der Waals surface area contributed by atoms with Crippen molar-refractivity contribution < 1.29 is 14.7 Å². The molecule has 0 unspecified atom stereocenters. The van der Waals surface area contributed by atoms with Gasteiger partial charge in [-0.2, -0.15) is 0 Å². The van der Waals surface area contributed by atoms with Crippen LogP contribution in [-0.4, -0.2) is 22.2 Å². The predicted molar refractivity (Wildman–Crippen MR) is 100 cm³/mol. The monoisotopic (exact) mass is 343 g/mol. The third-order valence-electron chi connectivity index (χ3n) is 4.23. The lowest BCUT2D eigenvalue weighted by atomic mass is 9.90. The minimum atomic E-state index is -1.04. The van der Waals surface area contributed by atoms with E-state index < -0.39 is 11.2 Å². The summed E-state index contributed by atoms with van der Waals surface area (Å²) in [6, 6.07) is 13.9. The average Bonchev–Trinajstić information content (AvgIpc) is 2.54. The molecule has 2 aromatic carbocycles. The van der Waals surface area contributed by atoms with E-state index in [0.29, 0.717) is 22.6 Å². The van der Waals surface area contributed by atoms with E-state index in [-0.39, 0.29) is 5.91 Å². The topological polar surface area (TPSA) is 96.6 Å². The molecule has 0 aliphatic carbocycles. The van der Waals surface area contributed by atoms with Gasteiger partial charge in [-0.15, -0.1) is 0 Å². The molecule has 0 radical (unpaired) electrons. The number of carbonyl (C=O) groups is 1. The summed E-state index contributed by atoms with van der Waals surface area (Å²) >= 11 is 0. The van der Waals surface area contributed by atoms with E-state index in [1.807, 2.05) is 0 Å². The van der Waals surface area contributed by atoms with Gasteiger partial charge in [-0.3, -0.25) is 15.1 Å². The number of nitrogens with two attached hydrogens (primary N) is 1. The van der Waals surface area contributed by atoms with E-state index in [0.717, 1.165) is 0 Å². The van der Waals surface area contributed by atoms with Crippen molar-refractivity contribution in [2.75, 3.05) is 16.5 Å². The van der Waals surface area contributed by atoms with Gasteiger partial charge in [-0.05, 0) is 58.0 Å². The van der Waals surface area contributed by atoms with Crippen LogP contribution < -0.4 is 16.5 Å². The number of amides is 1. The lowest BCUT2D eigenvalue weighted by molar-refractivity contribution is -0.130. The van der Waals surface area contributed by atoms with Gasteiger partial charge in [0.25, 0.3) is 5.91 Å². The maximum absolute atomic E-state index is 12.4. The predicted octanol–water partition coefficient (Wildman–Crippen LogP) is 3.41. The molecule has 0 spiro atoms. The van der Waals surface area contributed by atoms with Crippen molar-refractivity contribution in [3.8, 4) is 0 Å². The Bertz CT molecular complexity index is 752. The fourth-order valence-corrected chi connectivity index (χ4v) is 1.84. The zero-order valence-corrected chi connectivity index (χ0v) is 15.0. The van der Waals surface area contributed by atoms with Crippen LogP contribution in [0, 0.1) is 0 Å². The van der Waals surface area contributed by atoms with Crippen LogP contribution in [0.3, 0.4) is 0 Å². The quantitative estimate of drug-likeness (QED) is 0.476. The van der Waals surface area contributed by atoms with Crippen LogP contribution in [0.25, 0.3) is 0 Å². The van der Waals surface area contributed by atoms with Crippen molar-refractivity contribution in [3.63, 3.8) is 0 Å². The molecule has 2 rings (SSSR count). The fraction of sp³-hybridized carbons (Fsp3) is 0.316. The van der Waals surface area contributed by atoms with Crippen molar-refractivity contribution in [1.82, 2.24) is 0 Å². The summed E-state index contributed by atoms with van der Waals surface area (Å²) in [5, 5.41) is 12.9. The third kappa shape index (κ3) is 4.71. The maximum atomic E-state index is 12.4. The maximum Gasteiger partial charge on any atom is 0.255 e. The summed E-state index contributed by atoms with van der Waals surface area (Å²) in [6.45, 7) is 6.88. The van der Waals surface area contributed by atoms with Gasteiger partial charge in [0.1, 0.15) is 5.60 Å². The average molecular weight is 343 g/mol. The minimum Gasteiger partial charge on any atom is -0.397 e. The van der Waals surface area contributed by atoms with Crippen LogP contribution in [0.1, 0.15) is 38.1 Å². The van der Waals surface area contributed by atoms with Crippen molar-refractivity contribution >= 4 is 23.0 Å². The Morgan fingerprint density at radius 1 is 1.08 bits per heavy atom. The number of para-hydroxylation sites is 2. The highest BCUT2D eigenvalue weighted by atomic mass is 16.7. The van der Waals surface area contributed by atoms with Crippen LogP contribution >= 0.6 is 0 Å². The summed E-state index contributed by atoms with van der Waals surface area (Å²) in [7, 11) is 0. The van der Waals surface area contributed by atoms with Crippen LogP contribution in [-0.2, 0) is 4.84 Å². The first-order valence-electron chi connectivity index (χ1n) is 8.02. The third-order valence-corrected chi connectivity index (χ3v) is 4.23. The fourth-order valence-electron chi connectivity index (χ4n) is 1.84. The molecule has 0 saturated carbocycles. The van der Waals surface area contributed by atoms with Crippen LogP contribution in [0.5, 0.6) is 0 Å². The highest BCUT2D eigenvalue weighted by Crippen LogP contribution is 2.26. The Kier molecular flexibility index (Phi) is 5.35. The first-order chi connectivity index (χ1) is 11.6. The summed E-state index contributed by atoms with van der Waals surface area (Å²) in [5.41, 5.74) is 8.89. The van der Waals surface area contributed by atoms with E-state index in [4.69, 9.17) is 10.6 Å². The Hall–Kier alpha value is -2.57. The summed E-state index contributed by atoms with van der Waals surface area (Å²) < 4.78 is 0. The number of nitrogens with one attached hydrogen (secondary N) is 2. The highest BCUT2D eigenvalue weighted by Gasteiger charge is 2.37. The smallest absolute Gasteiger partial charge is 0.255 e. The largest absolute Gasteiger partial charge is 0.397 e. The van der Waals surface area contributed by atoms with E-state index in [9.17, 15) is 9.90 Å². The molecule has 5 N–H and O–H groups in total. The number of rotatable bonds is 6. The molecule has 0 atom stereocenters. The first-order valence-corrected chi connectivity index (χ1v) is 8.02. The molecule has 0 aliphatic rings. The Morgan fingerprint density at radius 2 is 1.76 bits per heavy atom. The molecule has 25 heavy (non-hydrogen) atoms. The zero-order chi connectivity index (χ0) is 18.7. The van der Waals surface area contributed by atoms with Crippen molar-refractivity contribution in [1.29, 1.82) is 0 Å². The molecule has 2 aromatic rings. The van der Waals surface area contributed by atoms with Gasteiger partial charge < -0.3 is 16.2 Å². The lowest BCUT2D eigenvalue weighted by Crippen LogP contribution is -2.48. The zero-order valence-electron chi connectivity index (χ0n) is 15.0. The van der Waals surface area contributed by atoms with Crippen LogP contribution in [0.4, 0.5) is 17.1 Å². The summed E-state index contributed by atoms with van der Waals surface area (Å²) in [6.07, 6.45) is 0. The molecule has 0 fully saturated rings. The molecule has 134 valence electrons. The lowest BCUT2D eigenvalue weighted by Gasteiger charge is -2.36. The molecule has 0 aliphatic heterocycles. The van der Waals surface area contributed by atoms with Crippen LogP contribution in [0.15, 0.2) is 48.5 Å². The molecule has 0 saturated heterocycles. The van der Waals surface area contributed by atoms with Crippen molar-refractivity contribution in [2.45, 2.75) is 38.9 Å². The normalized spacial score (nSPS) is 11.9. The SMILES string of the molecule is CC(C)(O)C(C)(C)ONc1cccc(C(=O)Nc2ccccc2N)c1. The van der Waals surface area contributed by atoms with Gasteiger partial charge in [0.15, 0.2) is 0 Å². The summed E-state index contributed by atoms with van der Waals surface area (Å²) in [5.74, 6) is -0.275. The second-order valence-electron chi connectivity index (χ2n) is 6.90. The highest BCUT2D eigenvalue weighted by molar-refractivity contribution is 6.06. The molecule has 0 aromatic heterocycles. The molecular weight excluding hydrogens is 318 g/mol. The number of carbonyl (C=O) groups excluding carboxylic acids is 1. The van der Waals surface area contributed by atoms with Crippen molar-refractivity contribution in [3.05, 3.63) is 54.1 Å². The number of aliphatic hydroxyl groups is 1.